The van der Waals surface area contributed by atoms with E-state index in [9.17, 15) is 0 Å². The van der Waals surface area contributed by atoms with E-state index in [1.807, 2.05) is 0 Å². The number of nitrogens with zero attached hydrogens (tertiary/aromatic N) is 2. The van der Waals surface area contributed by atoms with E-state index in [4.69, 9.17) is 5.10 Å². The number of hydrogen-bond donors (Lipinski definition) is 1. The van der Waals surface area contributed by atoms with E-state index in [-0.39, 0.29) is 0 Å². The molecule has 1 heterocycles. The van der Waals surface area contributed by atoms with Crippen LogP contribution in [0.15, 0.2) is 0 Å². The molecule has 0 unspecified atom stereocenters. The molecule has 0 radical (unpaired) electrons. The van der Waals surface area contributed by atoms with Crippen molar-refractivity contribution in [3.8, 4) is 0 Å². The fraction of sp³-hybridized carbons (Fsp3) is 0.833. The zero-order valence-corrected chi connectivity index (χ0v) is 15.2. The summed E-state index contributed by atoms with van der Waals surface area (Å²) in [7, 11) is 0. The van der Waals surface area contributed by atoms with Crippen molar-refractivity contribution in [2.45, 2.75) is 80.8 Å². The van der Waals surface area contributed by atoms with Crippen molar-refractivity contribution >= 4 is 0 Å². The Balaban J connectivity index is 2.87. The Bertz CT molecular complexity index is 424. The summed E-state index contributed by atoms with van der Waals surface area (Å²) in [6.07, 6.45) is 3.26. The normalized spacial score (nSPS) is 12.4. The molecule has 0 aromatic carbocycles. The molecule has 0 saturated carbocycles. The van der Waals surface area contributed by atoms with Gasteiger partial charge in [-0.05, 0) is 37.1 Å². The third-order valence-corrected chi connectivity index (χ3v) is 3.85. The zero-order valence-electron chi connectivity index (χ0n) is 15.2. The predicted molar refractivity (Wildman–Crippen MR) is 91.6 cm³/mol. The number of rotatable bonds is 8. The van der Waals surface area contributed by atoms with E-state index in [0.717, 1.165) is 32.5 Å². The number of hydrogen-bond acceptors (Lipinski definition) is 2. The van der Waals surface area contributed by atoms with Crippen molar-refractivity contribution in [1.29, 1.82) is 0 Å². The molecule has 1 rings (SSSR count). The first-order valence-corrected chi connectivity index (χ1v) is 8.56. The van der Waals surface area contributed by atoms with Crippen LogP contribution in [0.5, 0.6) is 0 Å². The van der Waals surface area contributed by atoms with Crippen LogP contribution in [0, 0.1) is 11.3 Å². The summed E-state index contributed by atoms with van der Waals surface area (Å²) in [5.41, 5.74) is 4.50. The van der Waals surface area contributed by atoms with E-state index in [0.29, 0.717) is 11.3 Å². The molecule has 1 N–H and O–H groups in total. The van der Waals surface area contributed by atoms with Crippen molar-refractivity contribution in [1.82, 2.24) is 15.1 Å². The predicted octanol–water partition coefficient (Wildman–Crippen LogP) is 4.19. The minimum Gasteiger partial charge on any atom is -0.312 e. The molecule has 0 amide bonds. The maximum absolute atomic E-state index is 4.88. The molecule has 21 heavy (non-hydrogen) atoms. The van der Waals surface area contributed by atoms with Crippen LogP contribution in [-0.2, 0) is 25.9 Å². The van der Waals surface area contributed by atoms with E-state index in [1.54, 1.807) is 0 Å². The van der Waals surface area contributed by atoms with Gasteiger partial charge in [0.05, 0.1) is 5.69 Å². The smallest absolute Gasteiger partial charge is 0.0669 e. The summed E-state index contributed by atoms with van der Waals surface area (Å²) in [6, 6.07) is 0. The van der Waals surface area contributed by atoms with Crippen LogP contribution in [0.25, 0.3) is 0 Å². The van der Waals surface area contributed by atoms with Crippen molar-refractivity contribution in [2.75, 3.05) is 6.54 Å². The maximum Gasteiger partial charge on any atom is 0.0669 e. The monoisotopic (exact) mass is 293 g/mol. The van der Waals surface area contributed by atoms with Crippen LogP contribution in [0.3, 0.4) is 0 Å². The van der Waals surface area contributed by atoms with Gasteiger partial charge in [0.25, 0.3) is 0 Å². The quantitative estimate of drug-likeness (QED) is 0.779. The zero-order chi connectivity index (χ0) is 16.0. The van der Waals surface area contributed by atoms with Gasteiger partial charge in [0.2, 0.25) is 0 Å². The number of aryl methyl sites for hydroxylation is 2. The van der Waals surface area contributed by atoms with Crippen molar-refractivity contribution in [3.05, 3.63) is 17.0 Å². The molecule has 122 valence electrons. The average Bonchev–Trinajstić information content (AvgIpc) is 2.72. The highest BCUT2D eigenvalue weighted by Gasteiger charge is 2.17. The highest BCUT2D eigenvalue weighted by Crippen LogP contribution is 2.22. The standard InChI is InChI=1S/C18H35N3/c1-8-16-15(13-19-12-14(3)4)17(9-2)21(20-16)11-10-18(5,6)7/h14,19H,8-13H2,1-7H3. The highest BCUT2D eigenvalue weighted by atomic mass is 15.3. The number of aromatic nitrogens is 2. The van der Waals surface area contributed by atoms with Crippen molar-refractivity contribution in [2.24, 2.45) is 11.3 Å². The largest absolute Gasteiger partial charge is 0.312 e. The van der Waals surface area contributed by atoms with Crippen LogP contribution in [0.2, 0.25) is 0 Å². The molecular weight excluding hydrogens is 258 g/mol. The molecule has 0 aliphatic heterocycles. The molecule has 3 heteroatoms. The Kier molecular flexibility index (Phi) is 6.92. The molecule has 1 aromatic rings. The van der Waals surface area contributed by atoms with Gasteiger partial charge in [-0.2, -0.15) is 5.10 Å². The second kappa shape index (κ2) is 7.98. The summed E-state index contributed by atoms with van der Waals surface area (Å²) in [5, 5.41) is 8.46. The summed E-state index contributed by atoms with van der Waals surface area (Å²) < 4.78 is 2.26. The number of nitrogens with one attached hydrogen (secondary N) is 1. The first kappa shape index (κ1) is 18.2. The second-order valence-electron chi connectivity index (χ2n) is 7.64. The van der Waals surface area contributed by atoms with Gasteiger partial charge in [0, 0.05) is 24.3 Å². The maximum atomic E-state index is 4.88. The Labute approximate surface area is 131 Å². The molecule has 0 bridgehead atoms. The van der Waals surface area contributed by atoms with Crippen LogP contribution >= 0.6 is 0 Å². The summed E-state index contributed by atoms with van der Waals surface area (Å²) in [5.74, 6) is 0.691. The Hall–Kier alpha value is -0.830. The topological polar surface area (TPSA) is 29.9 Å². The SMILES string of the molecule is CCc1nn(CCC(C)(C)C)c(CC)c1CNCC(C)C. The van der Waals surface area contributed by atoms with Crippen LogP contribution in [0.4, 0.5) is 0 Å². The van der Waals surface area contributed by atoms with E-state index < -0.39 is 0 Å². The lowest BCUT2D eigenvalue weighted by atomic mass is 9.92. The van der Waals surface area contributed by atoms with Gasteiger partial charge in [0.1, 0.15) is 0 Å². The molecular formula is C18H35N3. The minimum atomic E-state index is 0.361. The van der Waals surface area contributed by atoms with Crippen LogP contribution in [-0.4, -0.2) is 16.3 Å². The summed E-state index contributed by atoms with van der Waals surface area (Å²) in [6.45, 7) is 18.9. The van der Waals surface area contributed by atoms with Crippen molar-refractivity contribution in [3.63, 3.8) is 0 Å². The van der Waals surface area contributed by atoms with E-state index >= 15 is 0 Å². The lowest BCUT2D eigenvalue weighted by Crippen LogP contribution is -2.20. The van der Waals surface area contributed by atoms with Gasteiger partial charge < -0.3 is 5.32 Å². The lowest BCUT2D eigenvalue weighted by molar-refractivity contribution is 0.337. The van der Waals surface area contributed by atoms with Gasteiger partial charge >= 0.3 is 0 Å². The van der Waals surface area contributed by atoms with Crippen molar-refractivity contribution < 1.29 is 0 Å². The van der Waals surface area contributed by atoms with E-state index in [2.05, 4.69) is 58.5 Å². The van der Waals surface area contributed by atoms with Crippen LogP contribution in [0.1, 0.15) is 71.8 Å². The van der Waals surface area contributed by atoms with Gasteiger partial charge in [-0.15, -0.1) is 0 Å². The molecule has 0 spiro atoms. The minimum absolute atomic E-state index is 0.361. The van der Waals surface area contributed by atoms with Gasteiger partial charge in [0.15, 0.2) is 0 Å². The first-order valence-electron chi connectivity index (χ1n) is 8.56. The molecule has 0 aliphatic carbocycles. The van der Waals surface area contributed by atoms with Gasteiger partial charge in [-0.25, -0.2) is 0 Å². The summed E-state index contributed by atoms with van der Waals surface area (Å²) >= 11 is 0. The highest BCUT2D eigenvalue weighted by molar-refractivity contribution is 5.26. The molecule has 0 saturated heterocycles. The molecule has 1 aromatic heterocycles. The molecule has 0 aliphatic rings. The molecule has 0 atom stereocenters. The van der Waals surface area contributed by atoms with Gasteiger partial charge in [-0.1, -0.05) is 48.5 Å². The fourth-order valence-corrected chi connectivity index (χ4v) is 2.58. The third kappa shape index (κ3) is 5.82. The summed E-state index contributed by atoms with van der Waals surface area (Å²) in [4.78, 5) is 0. The average molecular weight is 293 g/mol. The van der Waals surface area contributed by atoms with Gasteiger partial charge in [-0.3, -0.25) is 4.68 Å². The first-order chi connectivity index (χ1) is 9.78. The Morgan fingerprint density at radius 2 is 1.81 bits per heavy atom. The lowest BCUT2D eigenvalue weighted by Gasteiger charge is -2.18. The fourth-order valence-electron chi connectivity index (χ4n) is 2.58. The second-order valence-corrected chi connectivity index (χ2v) is 7.64. The Morgan fingerprint density at radius 3 is 2.29 bits per heavy atom. The van der Waals surface area contributed by atoms with E-state index in [1.165, 1.54) is 23.4 Å². The third-order valence-electron chi connectivity index (χ3n) is 3.85. The van der Waals surface area contributed by atoms with Crippen LogP contribution < -0.4 is 5.32 Å². The Morgan fingerprint density at radius 1 is 1.14 bits per heavy atom. The molecule has 0 fully saturated rings. The molecule has 3 nitrogen and oxygen atoms in total.